The van der Waals surface area contributed by atoms with Crippen molar-refractivity contribution in [3.63, 3.8) is 0 Å². The molecule has 1 heterocycles. The third kappa shape index (κ3) is 1.56. The Morgan fingerprint density at radius 3 is 3.29 bits per heavy atom. The lowest BCUT2D eigenvalue weighted by Gasteiger charge is -1.79. The topological polar surface area (TPSA) is 9.23 Å². The number of hydrogen-bond acceptors (Lipinski definition) is 1. The molecule has 0 saturated carbocycles. The maximum absolute atomic E-state index is 4.81. The van der Waals surface area contributed by atoms with Gasteiger partial charge in [-0.05, 0) is 20.1 Å². The molecule has 1 rings (SSSR count). The first-order chi connectivity index (χ1) is 3.50. The molecule has 2 heteroatoms. The first-order valence-electron chi connectivity index (χ1n) is 1.99. The van der Waals surface area contributed by atoms with Crippen molar-refractivity contribution >= 4 is 14.2 Å². The average molecular weight is 112 g/mol. The van der Waals surface area contributed by atoms with Crippen LogP contribution in [-0.4, -0.2) is 5.98 Å². The molecule has 0 fully saturated rings. The monoisotopic (exact) mass is 112 g/mol. The van der Waals surface area contributed by atoms with Crippen LogP contribution in [0.5, 0.6) is 0 Å². The maximum atomic E-state index is 4.81. The molecule has 0 aromatic heterocycles. The summed E-state index contributed by atoms with van der Waals surface area (Å²) in [5, 5.41) is 0. The molecular weight excluding hydrogens is 107 g/mol. The molecule has 0 bridgehead atoms. The van der Waals surface area contributed by atoms with Gasteiger partial charge in [0.05, 0.1) is 6.26 Å². The molecule has 0 saturated heterocycles. The molecule has 1 aliphatic rings. The summed E-state index contributed by atoms with van der Waals surface area (Å²) >= 11 is 0. The Hall–Kier alpha value is -0.550. The van der Waals surface area contributed by atoms with Crippen LogP contribution in [0.15, 0.2) is 24.2 Å². The van der Waals surface area contributed by atoms with Gasteiger partial charge < -0.3 is 4.74 Å². The van der Waals surface area contributed by atoms with Gasteiger partial charge in [-0.25, -0.2) is 0 Å². The van der Waals surface area contributed by atoms with Crippen LogP contribution < -0.4 is 0 Å². The molecular formula is C5H5OP. The SMILES string of the molecule is C1=COC=PC=C1. The van der Waals surface area contributed by atoms with Gasteiger partial charge in [-0.1, -0.05) is 6.08 Å². The summed E-state index contributed by atoms with van der Waals surface area (Å²) in [7, 11) is 1.11. The molecule has 0 aromatic rings. The van der Waals surface area contributed by atoms with Crippen LogP contribution in [0.2, 0.25) is 0 Å². The summed E-state index contributed by atoms with van der Waals surface area (Å²) in [6.07, 6.45) is 5.46. The first kappa shape index (κ1) is 4.61. The quantitative estimate of drug-likeness (QED) is 0.434. The summed E-state index contributed by atoms with van der Waals surface area (Å²) in [6, 6.07) is 0. The molecule has 7 heavy (non-hydrogen) atoms. The molecule has 0 N–H and O–H groups in total. The van der Waals surface area contributed by atoms with Crippen molar-refractivity contribution in [2.75, 3.05) is 0 Å². The van der Waals surface area contributed by atoms with Crippen molar-refractivity contribution < 1.29 is 4.74 Å². The van der Waals surface area contributed by atoms with E-state index in [1.165, 1.54) is 0 Å². The summed E-state index contributed by atoms with van der Waals surface area (Å²) in [4.78, 5) is 0. The maximum Gasteiger partial charge on any atom is 0.116 e. The molecule has 0 radical (unpaired) electrons. The van der Waals surface area contributed by atoms with E-state index in [0.29, 0.717) is 0 Å². The van der Waals surface area contributed by atoms with Crippen LogP contribution >= 0.6 is 8.20 Å². The molecule has 0 atom stereocenters. The predicted octanol–water partition coefficient (Wildman–Crippen LogP) is 1.75. The average Bonchev–Trinajstić information content (AvgIpc) is 1.90. The first-order valence-corrected chi connectivity index (χ1v) is 3.02. The molecule has 0 amide bonds. The van der Waals surface area contributed by atoms with Crippen LogP contribution in [-0.2, 0) is 4.74 Å². The van der Waals surface area contributed by atoms with Gasteiger partial charge in [-0.3, -0.25) is 0 Å². The number of ether oxygens (including phenoxy) is 1. The summed E-state index contributed by atoms with van der Waals surface area (Å²) in [6.45, 7) is 0. The predicted molar refractivity (Wildman–Crippen MR) is 32.3 cm³/mol. The van der Waals surface area contributed by atoms with Gasteiger partial charge in [-0.2, -0.15) is 0 Å². The van der Waals surface area contributed by atoms with E-state index >= 15 is 0 Å². The third-order valence-corrected chi connectivity index (χ3v) is 1.15. The highest BCUT2D eigenvalue weighted by Crippen LogP contribution is 1.99. The number of hydrogen-bond donors (Lipinski definition) is 0. The van der Waals surface area contributed by atoms with Gasteiger partial charge in [0.25, 0.3) is 0 Å². The Morgan fingerprint density at radius 2 is 2.29 bits per heavy atom. The molecule has 36 valence electrons. The van der Waals surface area contributed by atoms with E-state index in [0.717, 1.165) is 8.20 Å². The molecule has 0 unspecified atom stereocenters. The van der Waals surface area contributed by atoms with Gasteiger partial charge >= 0.3 is 0 Å². The van der Waals surface area contributed by atoms with Gasteiger partial charge in [0, 0.05) is 0 Å². The zero-order chi connectivity index (χ0) is 4.95. The van der Waals surface area contributed by atoms with Gasteiger partial charge in [0.15, 0.2) is 0 Å². The highest BCUT2D eigenvalue weighted by molar-refractivity contribution is 7.41. The summed E-state index contributed by atoms with van der Waals surface area (Å²) in [5.74, 6) is 3.73. The van der Waals surface area contributed by atoms with Crippen LogP contribution in [0, 0.1) is 0 Å². The largest absolute Gasteiger partial charge is 0.468 e. The Bertz CT molecular complexity index is 110. The van der Waals surface area contributed by atoms with Crippen LogP contribution in [0.1, 0.15) is 0 Å². The lowest BCUT2D eigenvalue weighted by Crippen LogP contribution is -1.65. The Kier molecular flexibility index (Phi) is 1.71. The standard InChI is InChI=1S/C5H5OP/c1-2-4-7-5-6-3-1/h1-5H. The minimum absolute atomic E-state index is 1.11. The zero-order valence-corrected chi connectivity index (χ0v) is 4.64. The van der Waals surface area contributed by atoms with E-state index in [-0.39, 0.29) is 0 Å². The van der Waals surface area contributed by atoms with Crippen molar-refractivity contribution in [2.45, 2.75) is 0 Å². The third-order valence-electron chi connectivity index (χ3n) is 0.562. The Morgan fingerprint density at radius 1 is 1.29 bits per heavy atom. The van der Waals surface area contributed by atoms with Crippen LogP contribution in [0.4, 0.5) is 0 Å². The second kappa shape index (κ2) is 2.59. The molecule has 1 nitrogen and oxygen atoms in total. The van der Waals surface area contributed by atoms with E-state index in [1.807, 2.05) is 18.0 Å². The van der Waals surface area contributed by atoms with Crippen LogP contribution in [0.3, 0.4) is 0 Å². The Balaban J connectivity index is 2.60. The van der Waals surface area contributed by atoms with Crippen molar-refractivity contribution in [1.82, 2.24) is 0 Å². The highest BCUT2D eigenvalue weighted by atomic mass is 31.1. The second-order valence-corrected chi connectivity index (χ2v) is 1.87. The van der Waals surface area contributed by atoms with Crippen molar-refractivity contribution in [1.29, 1.82) is 0 Å². The van der Waals surface area contributed by atoms with E-state index < -0.39 is 0 Å². The lowest BCUT2D eigenvalue weighted by molar-refractivity contribution is 0.505. The fraction of sp³-hybridized carbons (Fsp3) is 0. The van der Waals surface area contributed by atoms with E-state index in [1.54, 1.807) is 12.2 Å². The van der Waals surface area contributed by atoms with Gasteiger partial charge in [0.2, 0.25) is 0 Å². The molecule has 1 aliphatic heterocycles. The number of rotatable bonds is 0. The zero-order valence-electron chi connectivity index (χ0n) is 3.74. The normalized spacial score (nSPS) is 18.3. The lowest BCUT2D eigenvalue weighted by atomic mass is 10.6. The highest BCUT2D eigenvalue weighted by Gasteiger charge is 1.70. The molecule has 0 spiro atoms. The Labute approximate surface area is 44.1 Å². The van der Waals surface area contributed by atoms with E-state index in [9.17, 15) is 0 Å². The molecule has 0 aromatic carbocycles. The van der Waals surface area contributed by atoms with Crippen molar-refractivity contribution in [2.24, 2.45) is 0 Å². The van der Waals surface area contributed by atoms with Gasteiger partial charge in [-0.15, -0.1) is 0 Å². The van der Waals surface area contributed by atoms with Crippen LogP contribution in [0.25, 0.3) is 0 Å². The minimum atomic E-state index is 1.11. The van der Waals surface area contributed by atoms with E-state index in [4.69, 9.17) is 4.74 Å². The smallest absolute Gasteiger partial charge is 0.116 e. The fourth-order valence-corrected chi connectivity index (χ4v) is 0.705. The second-order valence-electron chi connectivity index (χ2n) is 1.06. The fourth-order valence-electron chi connectivity index (χ4n) is 0.296. The summed E-state index contributed by atoms with van der Waals surface area (Å²) < 4.78 is 4.81. The number of allylic oxidation sites excluding steroid dienone is 2. The minimum Gasteiger partial charge on any atom is -0.468 e. The van der Waals surface area contributed by atoms with Crippen molar-refractivity contribution in [3.05, 3.63) is 24.2 Å². The molecule has 0 aliphatic carbocycles. The summed E-state index contributed by atoms with van der Waals surface area (Å²) in [5.41, 5.74) is 0. The van der Waals surface area contributed by atoms with E-state index in [2.05, 4.69) is 0 Å². The van der Waals surface area contributed by atoms with Crippen molar-refractivity contribution in [3.8, 4) is 0 Å². The van der Waals surface area contributed by atoms with Gasteiger partial charge in [0.1, 0.15) is 5.98 Å².